The molecule has 0 bridgehead atoms. The fraction of sp³-hybridized carbons (Fsp3) is 0.190. The van der Waals surface area contributed by atoms with E-state index in [1.54, 1.807) is 38.5 Å². The van der Waals surface area contributed by atoms with Crippen LogP contribution >= 0.6 is 0 Å². The summed E-state index contributed by atoms with van der Waals surface area (Å²) in [4.78, 5) is 16.3. The summed E-state index contributed by atoms with van der Waals surface area (Å²) < 4.78 is 15.7. The zero-order valence-corrected chi connectivity index (χ0v) is 15.9. The molecule has 3 rings (SSSR count). The number of ether oxygens (including phenoxy) is 2. The standard InChI is InChI=1S/C21H21N3O4/c1-14-4-6-15(7-5-14)8-11-19(25)22-13-20-23-21(24-28-20)17-10-9-16(26-2)12-18(17)27-3/h4-12H,13H2,1-3H3,(H,22,25)/b11-8+. The average molecular weight is 379 g/mol. The van der Waals surface area contributed by atoms with Crippen LogP contribution in [0.3, 0.4) is 0 Å². The molecule has 1 amide bonds. The number of carbonyl (C=O) groups is 1. The van der Waals surface area contributed by atoms with Gasteiger partial charge in [-0.25, -0.2) is 0 Å². The van der Waals surface area contributed by atoms with Crippen LogP contribution in [0.2, 0.25) is 0 Å². The van der Waals surface area contributed by atoms with Crippen LogP contribution in [0, 0.1) is 6.92 Å². The highest BCUT2D eigenvalue weighted by molar-refractivity contribution is 5.91. The molecule has 0 aliphatic rings. The van der Waals surface area contributed by atoms with Gasteiger partial charge >= 0.3 is 0 Å². The predicted molar refractivity (Wildman–Crippen MR) is 105 cm³/mol. The molecule has 0 atom stereocenters. The summed E-state index contributed by atoms with van der Waals surface area (Å²) in [7, 11) is 3.14. The fourth-order valence-electron chi connectivity index (χ4n) is 2.49. The van der Waals surface area contributed by atoms with Crippen molar-refractivity contribution in [3.63, 3.8) is 0 Å². The monoisotopic (exact) mass is 379 g/mol. The maximum absolute atomic E-state index is 12.0. The van der Waals surface area contributed by atoms with E-state index >= 15 is 0 Å². The molecule has 0 saturated heterocycles. The van der Waals surface area contributed by atoms with Crippen LogP contribution in [-0.4, -0.2) is 30.3 Å². The summed E-state index contributed by atoms with van der Waals surface area (Å²) >= 11 is 0. The van der Waals surface area contributed by atoms with Crippen LogP contribution in [0.5, 0.6) is 11.5 Å². The Balaban J connectivity index is 1.62. The molecule has 0 spiro atoms. The summed E-state index contributed by atoms with van der Waals surface area (Å²) in [5.74, 6) is 1.65. The number of nitrogens with zero attached hydrogens (tertiary/aromatic N) is 2. The summed E-state index contributed by atoms with van der Waals surface area (Å²) in [5, 5.41) is 6.67. The first-order chi connectivity index (χ1) is 13.6. The second-order valence-electron chi connectivity index (χ2n) is 6.04. The number of benzene rings is 2. The molecular weight excluding hydrogens is 358 g/mol. The Bertz CT molecular complexity index is 978. The molecule has 0 aliphatic carbocycles. The first-order valence-electron chi connectivity index (χ1n) is 8.66. The first kappa shape index (κ1) is 19.2. The van der Waals surface area contributed by atoms with E-state index in [9.17, 15) is 4.79 Å². The molecule has 1 aromatic heterocycles. The smallest absolute Gasteiger partial charge is 0.246 e. The molecule has 1 N–H and O–H groups in total. The van der Waals surface area contributed by atoms with Gasteiger partial charge in [0.25, 0.3) is 0 Å². The van der Waals surface area contributed by atoms with Gasteiger partial charge in [0.1, 0.15) is 11.5 Å². The van der Waals surface area contributed by atoms with Crippen LogP contribution in [0.4, 0.5) is 0 Å². The maximum atomic E-state index is 12.0. The van der Waals surface area contributed by atoms with Gasteiger partial charge in [0, 0.05) is 12.1 Å². The van der Waals surface area contributed by atoms with Crippen molar-refractivity contribution in [3.8, 4) is 22.9 Å². The van der Waals surface area contributed by atoms with Crippen molar-refractivity contribution in [1.29, 1.82) is 0 Å². The lowest BCUT2D eigenvalue weighted by Crippen LogP contribution is -2.20. The molecule has 1 heterocycles. The van der Waals surface area contributed by atoms with E-state index in [1.165, 1.54) is 11.6 Å². The zero-order chi connectivity index (χ0) is 19.9. The van der Waals surface area contributed by atoms with Gasteiger partial charge in [-0.15, -0.1) is 0 Å². The van der Waals surface area contributed by atoms with Crippen LogP contribution in [0.1, 0.15) is 17.0 Å². The number of aryl methyl sites for hydroxylation is 1. The highest BCUT2D eigenvalue weighted by Crippen LogP contribution is 2.31. The van der Waals surface area contributed by atoms with E-state index in [0.29, 0.717) is 28.8 Å². The van der Waals surface area contributed by atoms with Crippen molar-refractivity contribution in [2.75, 3.05) is 14.2 Å². The molecule has 7 heteroatoms. The Labute approximate surface area is 163 Å². The van der Waals surface area contributed by atoms with Crippen LogP contribution in [0.25, 0.3) is 17.5 Å². The predicted octanol–water partition coefficient (Wildman–Crippen LogP) is 3.39. The topological polar surface area (TPSA) is 86.5 Å². The van der Waals surface area contributed by atoms with Crippen molar-refractivity contribution < 1.29 is 18.8 Å². The number of hydrogen-bond acceptors (Lipinski definition) is 6. The lowest BCUT2D eigenvalue weighted by Gasteiger charge is -2.07. The van der Waals surface area contributed by atoms with E-state index < -0.39 is 0 Å². The van der Waals surface area contributed by atoms with Crippen LogP contribution in [0.15, 0.2) is 53.1 Å². The number of carbonyl (C=O) groups excluding carboxylic acids is 1. The molecule has 3 aromatic rings. The molecule has 0 radical (unpaired) electrons. The Morgan fingerprint density at radius 1 is 1.14 bits per heavy atom. The van der Waals surface area contributed by atoms with E-state index in [1.807, 2.05) is 31.2 Å². The summed E-state index contributed by atoms with van der Waals surface area (Å²) in [6.07, 6.45) is 3.21. The van der Waals surface area contributed by atoms with Crippen molar-refractivity contribution in [2.45, 2.75) is 13.5 Å². The second kappa shape index (κ2) is 8.85. The third kappa shape index (κ3) is 4.76. The van der Waals surface area contributed by atoms with Crippen LogP contribution < -0.4 is 14.8 Å². The van der Waals surface area contributed by atoms with Crippen LogP contribution in [-0.2, 0) is 11.3 Å². The molecular formula is C21H21N3O4. The quantitative estimate of drug-likeness (QED) is 0.633. The Morgan fingerprint density at radius 2 is 1.93 bits per heavy atom. The first-order valence-corrected chi connectivity index (χ1v) is 8.66. The minimum atomic E-state index is -0.248. The minimum Gasteiger partial charge on any atom is -0.497 e. The van der Waals surface area contributed by atoms with Gasteiger partial charge < -0.3 is 19.3 Å². The van der Waals surface area contributed by atoms with Crippen molar-refractivity contribution in [3.05, 3.63) is 65.6 Å². The molecule has 144 valence electrons. The van der Waals surface area contributed by atoms with Gasteiger partial charge in [-0.2, -0.15) is 4.98 Å². The fourth-order valence-corrected chi connectivity index (χ4v) is 2.49. The molecule has 0 aliphatic heterocycles. The molecule has 0 unspecified atom stereocenters. The molecule has 2 aromatic carbocycles. The van der Waals surface area contributed by atoms with E-state index in [4.69, 9.17) is 14.0 Å². The number of methoxy groups -OCH3 is 2. The van der Waals surface area contributed by atoms with Crippen molar-refractivity contribution in [1.82, 2.24) is 15.5 Å². The Hall–Kier alpha value is -3.61. The third-order valence-electron chi connectivity index (χ3n) is 4.04. The van der Waals surface area contributed by atoms with E-state index in [2.05, 4.69) is 15.5 Å². The third-order valence-corrected chi connectivity index (χ3v) is 4.04. The van der Waals surface area contributed by atoms with Gasteiger partial charge in [0.2, 0.25) is 17.6 Å². The van der Waals surface area contributed by atoms with E-state index in [0.717, 1.165) is 5.56 Å². The van der Waals surface area contributed by atoms with Gasteiger partial charge in [0.05, 0.1) is 26.3 Å². The molecule has 28 heavy (non-hydrogen) atoms. The number of amides is 1. The Morgan fingerprint density at radius 3 is 2.64 bits per heavy atom. The largest absolute Gasteiger partial charge is 0.497 e. The zero-order valence-electron chi connectivity index (χ0n) is 15.9. The highest BCUT2D eigenvalue weighted by atomic mass is 16.5. The van der Waals surface area contributed by atoms with Crippen molar-refractivity contribution >= 4 is 12.0 Å². The minimum absolute atomic E-state index is 0.128. The molecule has 7 nitrogen and oxygen atoms in total. The van der Waals surface area contributed by atoms with Gasteiger partial charge in [-0.1, -0.05) is 35.0 Å². The van der Waals surface area contributed by atoms with E-state index in [-0.39, 0.29) is 12.5 Å². The lowest BCUT2D eigenvalue weighted by atomic mass is 10.1. The summed E-state index contributed by atoms with van der Waals surface area (Å²) in [6.45, 7) is 2.14. The maximum Gasteiger partial charge on any atom is 0.246 e. The number of hydrogen-bond donors (Lipinski definition) is 1. The van der Waals surface area contributed by atoms with Crippen molar-refractivity contribution in [2.24, 2.45) is 0 Å². The summed E-state index contributed by atoms with van der Waals surface area (Å²) in [6, 6.07) is 13.2. The SMILES string of the molecule is COc1ccc(-c2noc(CNC(=O)/C=C/c3ccc(C)cc3)n2)c(OC)c1. The molecule has 0 saturated carbocycles. The Kier molecular flexibility index (Phi) is 6.06. The van der Waals surface area contributed by atoms with Gasteiger partial charge in [-0.05, 0) is 30.7 Å². The average Bonchev–Trinajstić information content (AvgIpc) is 3.20. The second-order valence-corrected chi connectivity index (χ2v) is 6.04. The van der Waals surface area contributed by atoms with Gasteiger partial charge in [0.15, 0.2) is 0 Å². The van der Waals surface area contributed by atoms with Gasteiger partial charge in [-0.3, -0.25) is 4.79 Å². The number of nitrogens with one attached hydrogen (secondary N) is 1. The highest BCUT2D eigenvalue weighted by Gasteiger charge is 2.14. The number of rotatable bonds is 7. The number of aromatic nitrogens is 2. The summed E-state index contributed by atoms with van der Waals surface area (Å²) in [5.41, 5.74) is 2.79. The molecule has 0 fully saturated rings. The normalized spacial score (nSPS) is 10.8. The lowest BCUT2D eigenvalue weighted by molar-refractivity contribution is -0.116.